The van der Waals surface area contributed by atoms with Crippen LogP contribution in [0.5, 0.6) is 0 Å². The van der Waals surface area contributed by atoms with Gasteiger partial charge in [-0.25, -0.2) is 8.42 Å². The second-order valence-corrected chi connectivity index (χ2v) is 10.7. The molecule has 2 rings (SSSR count). The van der Waals surface area contributed by atoms with Gasteiger partial charge in [-0.1, -0.05) is 73.7 Å². The molecule has 6 heteroatoms. The van der Waals surface area contributed by atoms with Crippen molar-refractivity contribution in [3.63, 3.8) is 0 Å². The summed E-state index contributed by atoms with van der Waals surface area (Å²) < 4.78 is 32.4. The molecule has 0 heterocycles. The largest absolute Gasteiger partial charge is 0.744 e. The summed E-state index contributed by atoms with van der Waals surface area (Å²) in [5.41, 5.74) is 2.26. The van der Waals surface area contributed by atoms with Crippen molar-refractivity contribution in [3.05, 3.63) is 76.8 Å². The van der Waals surface area contributed by atoms with Crippen molar-refractivity contribution in [2.24, 2.45) is 0 Å². The van der Waals surface area contributed by atoms with E-state index < -0.39 is 10.1 Å². The molecule has 0 fully saturated rings. The number of hydrogen-bond donors (Lipinski definition) is 0. The smallest absolute Gasteiger partial charge is 0.124 e. The normalized spacial score (nSPS) is 11.9. The monoisotopic (exact) mass is 507 g/mol. The second kappa shape index (κ2) is 16.1. The number of hydrogen-bond acceptors (Lipinski definition) is 3. The van der Waals surface area contributed by atoms with Crippen LogP contribution in [0.3, 0.4) is 0 Å². The Morgan fingerprint density at radius 1 is 0.853 bits per heavy atom. The van der Waals surface area contributed by atoms with E-state index in [-0.39, 0.29) is 4.90 Å². The highest BCUT2D eigenvalue weighted by atomic mass is 35.5. The number of unbranched alkanes of at least 4 members (excludes halogenated alkanes) is 4. The number of allylic oxidation sites excluding steroid dienone is 1. The lowest BCUT2D eigenvalue weighted by molar-refractivity contribution is -0.919. The molecule has 190 valence electrons. The van der Waals surface area contributed by atoms with Gasteiger partial charge in [0.05, 0.1) is 31.1 Å². The topological polar surface area (TPSA) is 57.2 Å². The van der Waals surface area contributed by atoms with Gasteiger partial charge in [-0.2, -0.15) is 0 Å². The van der Waals surface area contributed by atoms with Crippen molar-refractivity contribution in [2.45, 2.75) is 71.1 Å². The molecule has 0 radical (unpaired) electrons. The van der Waals surface area contributed by atoms with Gasteiger partial charge < -0.3 is 9.04 Å². The van der Waals surface area contributed by atoms with E-state index in [2.05, 4.69) is 45.1 Å². The van der Waals surface area contributed by atoms with Crippen LogP contribution in [0.2, 0.25) is 5.02 Å². The van der Waals surface area contributed by atoms with E-state index >= 15 is 0 Å². The van der Waals surface area contributed by atoms with Gasteiger partial charge in [0.2, 0.25) is 0 Å². The fourth-order valence-electron chi connectivity index (χ4n) is 3.78. The van der Waals surface area contributed by atoms with Gasteiger partial charge in [-0.05, 0) is 75.9 Å². The summed E-state index contributed by atoms with van der Waals surface area (Å²) in [6.07, 6.45) is 12.6. The average Bonchev–Trinajstić information content (AvgIpc) is 2.82. The van der Waals surface area contributed by atoms with Crippen LogP contribution < -0.4 is 0 Å². The number of halogens is 1. The third-order valence-corrected chi connectivity index (χ3v) is 7.41. The molecule has 2 aromatic carbocycles. The maximum Gasteiger partial charge on any atom is 0.124 e. The first-order chi connectivity index (χ1) is 16.2. The standard InChI is InChI=1S/C21H35ClN.C7H8O3S/c1-4-7-8-9-11-18-23(5-2,6-3)19-12-10-13-20-14-16-21(22)17-15-20;1-6-2-4-7(5-3-6)11(8,9)10/h10,12,14-17H,4-9,11,13,18-19H2,1-3H3;2-5H,1H3,(H,8,9,10)/q+1;/p-1. The quantitative estimate of drug-likeness (QED) is 0.125. The van der Waals surface area contributed by atoms with E-state index in [1.165, 1.54) is 73.9 Å². The summed E-state index contributed by atoms with van der Waals surface area (Å²) in [7, 11) is -4.27. The van der Waals surface area contributed by atoms with Gasteiger partial charge >= 0.3 is 0 Å². The average molecular weight is 508 g/mol. The minimum atomic E-state index is -4.27. The molecule has 2 aromatic rings. The predicted molar refractivity (Wildman–Crippen MR) is 143 cm³/mol. The molecule has 34 heavy (non-hydrogen) atoms. The van der Waals surface area contributed by atoms with Crippen molar-refractivity contribution >= 4 is 21.7 Å². The van der Waals surface area contributed by atoms with Gasteiger partial charge in [0.15, 0.2) is 0 Å². The summed E-state index contributed by atoms with van der Waals surface area (Å²) in [5, 5.41) is 0.813. The van der Waals surface area contributed by atoms with Gasteiger partial charge in [-0.15, -0.1) is 0 Å². The Morgan fingerprint density at radius 3 is 1.97 bits per heavy atom. The Hall–Kier alpha value is -1.66. The van der Waals surface area contributed by atoms with Crippen LogP contribution >= 0.6 is 11.6 Å². The molecule has 0 N–H and O–H groups in total. The van der Waals surface area contributed by atoms with Crippen molar-refractivity contribution < 1.29 is 17.5 Å². The molecule has 0 aliphatic carbocycles. The summed E-state index contributed by atoms with van der Waals surface area (Å²) >= 11 is 5.93. The van der Waals surface area contributed by atoms with Gasteiger partial charge in [0.1, 0.15) is 10.1 Å². The van der Waals surface area contributed by atoms with Crippen LogP contribution in [-0.2, 0) is 16.5 Å². The number of quaternary nitrogens is 1. The van der Waals surface area contributed by atoms with Crippen LogP contribution in [-0.4, -0.2) is 43.6 Å². The number of nitrogens with zero attached hydrogens (tertiary/aromatic N) is 1. The first kappa shape index (κ1) is 30.4. The van der Waals surface area contributed by atoms with E-state index in [1.807, 2.05) is 19.1 Å². The maximum absolute atomic E-state index is 10.4. The van der Waals surface area contributed by atoms with E-state index in [1.54, 1.807) is 12.1 Å². The van der Waals surface area contributed by atoms with Crippen LogP contribution in [0.25, 0.3) is 0 Å². The summed E-state index contributed by atoms with van der Waals surface area (Å²) in [6, 6.07) is 14.0. The van der Waals surface area contributed by atoms with Gasteiger partial charge in [0, 0.05) is 5.02 Å². The highest BCUT2D eigenvalue weighted by Crippen LogP contribution is 2.13. The highest BCUT2D eigenvalue weighted by molar-refractivity contribution is 7.85. The molecule has 0 saturated heterocycles. The highest BCUT2D eigenvalue weighted by Gasteiger charge is 2.20. The molecule has 0 amide bonds. The van der Waals surface area contributed by atoms with Crippen molar-refractivity contribution in [1.29, 1.82) is 0 Å². The molecule has 0 unspecified atom stereocenters. The Morgan fingerprint density at radius 2 is 1.44 bits per heavy atom. The molecule has 0 atom stereocenters. The number of aryl methyl sites for hydroxylation is 1. The third kappa shape index (κ3) is 12.2. The van der Waals surface area contributed by atoms with Crippen LogP contribution in [0.1, 0.15) is 64.0 Å². The number of likely N-dealkylation sites (N-methyl/N-ethyl adjacent to an activating group) is 1. The SMILES string of the molecule is CCCCCCC[N+](CC)(CC)CC=CCc1ccc(Cl)cc1.Cc1ccc(S(=O)(=O)[O-])cc1. The maximum atomic E-state index is 10.4. The molecular formula is C28H42ClNO3S. The Bertz CT molecular complexity index is 935. The molecule has 0 aliphatic rings. The summed E-state index contributed by atoms with van der Waals surface area (Å²) in [5.74, 6) is 0. The zero-order valence-electron chi connectivity index (χ0n) is 21.3. The minimum absolute atomic E-state index is 0.178. The van der Waals surface area contributed by atoms with Crippen molar-refractivity contribution in [2.75, 3.05) is 26.2 Å². The van der Waals surface area contributed by atoms with Crippen LogP contribution in [0.4, 0.5) is 0 Å². The predicted octanol–water partition coefficient (Wildman–Crippen LogP) is 7.16. The summed E-state index contributed by atoms with van der Waals surface area (Å²) in [6.45, 7) is 13.7. The van der Waals surface area contributed by atoms with Gasteiger partial charge in [-0.3, -0.25) is 0 Å². The fraction of sp³-hybridized carbons (Fsp3) is 0.500. The Labute approximate surface area is 213 Å². The number of benzene rings is 2. The number of rotatable bonds is 13. The zero-order valence-corrected chi connectivity index (χ0v) is 22.9. The van der Waals surface area contributed by atoms with Crippen LogP contribution in [0, 0.1) is 6.92 Å². The lowest BCUT2D eigenvalue weighted by atomic mass is 10.1. The Balaban J connectivity index is 0.000000437. The van der Waals surface area contributed by atoms with E-state index in [0.29, 0.717) is 0 Å². The van der Waals surface area contributed by atoms with Gasteiger partial charge in [0.25, 0.3) is 0 Å². The first-order valence-corrected chi connectivity index (χ1v) is 14.2. The third-order valence-electron chi connectivity index (χ3n) is 6.31. The summed E-state index contributed by atoms with van der Waals surface area (Å²) in [4.78, 5) is -0.178. The zero-order chi connectivity index (χ0) is 25.5. The molecule has 4 nitrogen and oxygen atoms in total. The lowest BCUT2D eigenvalue weighted by Crippen LogP contribution is -2.48. The molecular weight excluding hydrogens is 466 g/mol. The Kier molecular flexibility index (Phi) is 14.4. The first-order valence-electron chi connectivity index (χ1n) is 12.4. The fourth-order valence-corrected chi connectivity index (χ4v) is 4.38. The molecule has 0 saturated carbocycles. The molecule has 0 aliphatic heterocycles. The van der Waals surface area contributed by atoms with Crippen molar-refractivity contribution in [1.82, 2.24) is 0 Å². The van der Waals surface area contributed by atoms with Crippen molar-refractivity contribution in [3.8, 4) is 0 Å². The van der Waals surface area contributed by atoms with E-state index in [9.17, 15) is 13.0 Å². The molecule has 0 aromatic heterocycles. The minimum Gasteiger partial charge on any atom is -0.744 e. The molecule has 0 spiro atoms. The molecule has 0 bridgehead atoms. The lowest BCUT2D eigenvalue weighted by Gasteiger charge is -2.36. The second-order valence-electron chi connectivity index (χ2n) is 8.86. The van der Waals surface area contributed by atoms with Crippen LogP contribution in [0.15, 0.2) is 65.6 Å². The van der Waals surface area contributed by atoms with E-state index in [4.69, 9.17) is 11.6 Å². The van der Waals surface area contributed by atoms with E-state index in [0.717, 1.165) is 23.6 Å².